The van der Waals surface area contributed by atoms with Crippen molar-refractivity contribution in [2.24, 2.45) is 0 Å². The summed E-state index contributed by atoms with van der Waals surface area (Å²) in [6, 6.07) is 0. The predicted molar refractivity (Wildman–Crippen MR) is 66.1 cm³/mol. The van der Waals surface area contributed by atoms with Crippen molar-refractivity contribution in [1.82, 2.24) is 0 Å². The van der Waals surface area contributed by atoms with Crippen molar-refractivity contribution < 1.29 is 23.7 Å². The third-order valence-electron chi connectivity index (χ3n) is 2.48. The maximum atomic E-state index is 11.0. The summed E-state index contributed by atoms with van der Waals surface area (Å²) < 4.78 is 21.0. The average Bonchev–Trinajstić information content (AvgIpc) is 2.38. The van der Waals surface area contributed by atoms with Gasteiger partial charge in [0.1, 0.15) is 6.61 Å². The first-order chi connectivity index (χ1) is 8.70. The Morgan fingerprint density at radius 1 is 1.28 bits per heavy atom. The molecule has 0 bridgehead atoms. The fraction of sp³-hybridized carbons (Fsp3) is 0.769. The molecule has 1 fully saturated rings. The molecule has 104 valence electrons. The molecular weight excluding hydrogens is 236 g/mol. The van der Waals surface area contributed by atoms with E-state index in [-0.39, 0.29) is 18.9 Å². The summed E-state index contributed by atoms with van der Waals surface area (Å²) in [6.45, 7) is 7.46. The highest BCUT2D eigenvalue weighted by atomic mass is 16.7. The number of rotatable bonds is 8. The molecule has 0 aromatic rings. The van der Waals surface area contributed by atoms with E-state index in [1.165, 1.54) is 0 Å². The minimum absolute atomic E-state index is 0.0800. The smallest absolute Gasteiger partial charge is 0.333 e. The van der Waals surface area contributed by atoms with Gasteiger partial charge < -0.3 is 18.9 Å². The van der Waals surface area contributed by atoms with Gasteiger partial charge in [-0.2, -0.15) is 0 Å². The quantitative estimate of drug-likeness (QED) is 0.376. The summed E-state index contributed by atoms with van der Waals surface area (Å²) in [6.07, 6.45) is 3.15. The first-order valence-electron chi connectivity index (χ1n) is 6.33. The molecule has 1 aliphatic heterocycles. The van der Waals surface area contributed by atoms with Gasteiger partial charge >= 0.3 is 5.97 Å². The molecule has 5 heteroatoms. The molecule has 18 heavy (non-hydrogen) atoms. The molecule has 1 atom stereocenters. The van der Waals surface area contributed by atoms with E-state index >= 15 is 0 Å². The number of hydrogen-bond acceptors (Lipinski definition) is 5. The third-order valence-corrected chi connectivity index (χ3v) is 2.48. The number of hydrogen-bond donors (Lipinski definition) is 0. The van der Waals surface area contributed by atoms with Crippen molar-refractivity contribution in [3.8, 4) is 0 Å². The molecular formula is C13H22O5. The molecule has 0 aliphatic carbocycles. The Bertz CT molecular complexity index is 258. The van der Waals surface area contributed by atoms with Crippen LogP contribution in [0.4, 0.5) is 0 Å². The Kier molecular flexibility index (Phi) is 7.64. The highest BCUT2D eigenvalue weighted by Gasteiger charge is 2.13. The Labute approximate surface area is 108 Å². The fourth-order valence-corrected chi connectivity index (χ4v) is 1.50. The second kappa shape index (κ2) is 9.08. The van der Waals surface area contributed by atoms with Crippen LogP contribution in [-0.4, -0.2) is 45.3 Å². The maximum Gasteiger partial charge on any atom is 0.333 e. The summed E-state index contributed by atoms with van der Waals surface area (Å²) in [5, 5.41) is 0. The molecule has 0 aromatic heterocycles. The van der Waals surface area contributed by atoms with E-state index in [1.807, 2.05) is 0 Å². The molecule has 1 heterocycles. The molecule has 0 amide bonds. The van der Waals surface area contributed by atoms with Crippen LogP contribution in [-0.2, 0) is 23.7 Å². The highest BCUT2D eigenvalue weighted by Crippen LogP contribution is 2.13. The van der Waals surface area contributed by atoms with Gasteiger partial charge in [-0.3, -0.25) is 0 Å². The van der Waals surface area contributed by atoms with Crippen LogP contribution in [0, 0.1) is 0 Å². The largest absolute Gasteiger partial charge is 0.460 e. The van der Waals surface area contributed by atoms with Gasteiger partial charge in [0.2, 0.25) is 0 Å². The molecule has 5 nitrogen and oxygen atoms in total. The average molecular weight is 258 g/mol. The maximum absolute atomic E-state index is 11.0. The van der Waals surface area contributed by atoms with E-state index < -0.39 is 0 Å². The van der Waals surface area contributed by atoms with Gasteiger partial charge in [0.15, 0.2) is 6.29 Å². The summed E-state index contributed by atoms with van der Waals surface area (Å²) in [5.41, 5.74) is 0.396. The van der Waals surface area contributed by atoms with Crippen molar-refractivity contribution in [1.29, 1.82) is 0 Å². The fourth-order valence-electron chi connectivity index (χ4n) is 1.50. The number of carbonyl (C=O) groups excluding carboxylic acids is 1. The molecule has 0 spiro atoms. The first kappa shape index (κ1) is 15.1. The van der Waals surface area contributed by atoms with Crippen LogP contribution < -0.4 is 0 Å². The molecule has 0 saturated carbocycles. The standard InChI is InChI=1S/C13H22O5/c1-11(2)13(14)18-10-8-15-7-9-17-12-5-3-4-6-16-12/h12H,1,3-10H2,2H3. The predicted octanol–water partition coefficient (Wildman–Crippen LogP) is 1.67. The molecule has 1 unspecified atom stereocenters. The second-order valence-electron chi connectivity index (χ2n) is 4.20. The lowest BCUT2D eigenvalue weighted by atomic mass is 10.2. The van der Waals surface area contributed by atoms with E-state index in [1.54, 1.807) is 6.92 Å². The molecule has 0 aromatic carbocycles. The molecule has 0 radical (unpaired) electrons. The van der Waals surface area contributed by atoms with Crippen molar-refractivity contribution >= 4 is 5.97 Å². The van der Waals surface area contributed by atoms with Gasteiger partial charge in [0.25, 0.3) is 0 Å². The molecule has 1 rings (SSSR count). The van der Waals surface area contributed by atoms with Gasteiger partial charge in [-0.05, 0) is 26.2 Å². The van der Waals surface area contributed by atoms with Gasteiger partial charge in [-0.25, -0.2) is 4.79 Å². The molecule has 1 saturated heterocycles. The lowest BCUT2D eigenvalue weighted by Gasteiger charge is -2.22. The summed E-state index contributed by atoms with van der Waals surface area (Å²) in [7, 11) is 0. The second-order valence-corrected chi connectivity index (χ2v) is 4.20. The van der Waals surface area contributed by atoms with Crippen LogP contribution in [0.25, 0.3) is 0 Å². The zero-order valence-electron chi connectivity index (χ0n) is 11.0. The third kappa shape index (κ3) is 6.74. The SMILES string of the molecule is C=C(C)C(=O)OCCOCCOC1CCCCO1. The number of carbonyl (C=O) groups is 1. The number of ether oxygens (including phenoxy) is 4. The lowest BCUT2D eigenvalue weighted by Crippen LogP contribution is -2.24. The van der Waals surface area contributed by atoms with Gasteiger partial charge in [-0.1, -0.05) is 6.58 Å². The van der Waals surface area contributed by atoms with E-state index in [4.69, 9.17) is 18.9 Å². The van der Waals surface area contributed by atoms with Crippen LogP contribution in [0.15, 0.2) is 12.2 Å². The number of esters is 1. The van der Waals surface area contributed by atoms with Crippen LogP contribution in [0.5, 0.6) is 0 Å². The summed E-state index contributed by atoms with van der Waals surface area (Å²) in [4.78, 5) is 11.0. The van der Waals surface area contributed by atoms with Crippen molar-refractivity contribution in [3.05, 3.63) is 12.2 Å². The lowest BCUT2D eigenvalue weighted by molar-refractivity contribution is -0.169. The van der Waals surface area contributed by atoms with Gasteiger partial charge in [0.05, 0.1) is 19.8 Å². The Balaban J connectivity index is 1.86. The van der Waals surface area contributed by atoms with E-state index in [0.29, 0.717) is 25.4 Å². The molecule has 1 aliphatic rings. The van der Waals surface area contributed by atoms with E-state index in [0.717, 1.165) is 25.9 Å². The highest BCUT2D eigenvalue weighted by molar-refractivity contribution is 5.86. The Hall–Kier alpha value is -0.910. The zero-order chi connectivity index (χ0) is 13.2. The van der Waals surface area contributed by atoms with Crippen LogP contribution >= 0.6 is 0 Å². The van der Waals surface area contributed by atoms with E-state index in [2.05, 4.69) is 6.58 Å². The Morgan fingerprint density at radius 2 is 2.06 bits per heavy atom. The minimum Gasteiger partial charge on any atom is -0.460 e. The van der Waals surface area contributed by atoms with Gasteiger partial charge in [0, 0.05) is 12.2 Å². The van der Waals surface area contributed by atoms with Crippen molar-refractivity contribution in [2.75, 3.05) is 33.0 Å². The summed E-state index contributed by atoms with van der Waals surface area (Å²) in [5.74, 6) is -0.384. The zero-order valence-corrected chi connectivity index (χ0v) is 11.0. The normalized spacial score (nSPS) is 19.5. The van der Waals surface area contributed by atoms with E-state index in [9.17, 15) is 4.79 Å². The van der Waals surface area contributed by atoms with Gasteiger partial charge in [-0.15, -0.1) is 0 Å². The summed E-state index contributed by atoms with van der Waals surface area (Å²) >= 11 is 0. The Morgan fingerprint density at radius 3 is 2.72 bits per heavy atom. The minimum atomic E-state index is -0.384. The topological polar surface area (TPSA) is 54.0 Å². The first-order valence-corrected chi connectivity index (χ1v) is 6.33. The van der Waals surface area contributed by atoms with Crippen molar-refractivity contribution in [3.63, 3.8) is 0 Å². The van der Waals surface area contributed by atoms with Crippen LogP contribution in [0.1, 0.15) is 26.2 Å². The monoisotopic (exact) mass is 258 g/mol. The van der Waals surface area contributed by atoms with Crippen molar-refractivity contribution in [2.45, 2.75) is 32.5 Å². The molecule has 0 N–H and O–H groups in total. The van der Waals surface area contributed by atoms with Crippen LogP contribution in [0.3, 0.4) is 0 Å². The van der Waals surface area contributed by atoms with Crippen LogP contribution in [0.2, 0.25) is 0 Å².